The minimum atomic E-state index is -0.786. The van der Waals surface area contributed by atoms with Gasteiger partial charge in [-0.05, 0) is 96.3 Å². The number of hydrogen-bond acceptors (Lipinski definition) is 6. The second kappa shape index (κ2) is 66.3. The van der Waals surface area contributed by atoms with Gasteiger partial charge < -0.3 is 14.2 Å². The summed E-state index contributed by atoms with van der Waals surface area (Å²) in [5.41, 5.74) is 0. The average molecular weight is 1100 g/mol. The van der Waals surface area contributed by atoms with E-state index in [4.69, 9.17) is 14.2 Å². The summed E-state index contributed by atoms with van der Waals surface area (Å²) in [6, 6.07) is 0. The topological polar surface area (TPSA) is 78.9 Å². The third-order valence-electron chi connectivity index (χ3n) is 14.0. The average Bonchev–Trinajstić information content (AvgIpc) is 3.45. The number of allylic oxidation sites excluding steroid dienone is 20. The highest BCUT2D eigenvalue weighted by Gasteiger charge is 2.19. The monoisotopic (exact) mass is 1090 g/mol. The molecule has 0 aromatic carbocycles. The molecule has 1 unspecified atom stereocenters. The van der Waals surface area contributed by atoms with Crippen LogP contribution in [0.1, 0.15) is 303 Å². The highest BCUT2D eigenvalue weighted by Crippen LogP contribution is 2.16. The Morgan fingerprint density at radius 3 is 0.772 bits per heavy atom. The molecular weight excluding hydrogens is 973 g/mol. The molecular formula is C73H122O6. The number of carbonyl (C=O) groups excluding carboxylic acids is 3. The fourth-order valence-electron chi connectivity index (χ4n) is 9.06. The van der Waals surface area contributed by atoms with Gasteiger partial charge in [-0.2, -0.15) is 0 Å². The molecule has 0 saturated carbocycles. The Morgan fingerprint density at radius 1 is 0.266 bits per heavy atom. The lowest BCUT2D eigenvalue weighted by Crippen LogP contribution is -2.30. The van der Waals surface area contributed by atoms with Crippen LogP contribution in [0.25, 0.3) is 0 Å². The van der Waals surface area contributed by atoms with Crippen molar-refractivity contribution in [3.8, 4) is 0 Å². The Hall–Kier alpha value is -4.19. The zero-order valence-corrected chi connectivity index (χ0v) is 51.6. The first kappa shape index (κ1) is 74.8. The van der Waals surface area contributed by atoms with Crippen molar-refractivity contribution in [3.05, 3.63) is 122 Å². The third kappa shape index (κ3) is 64.5. The van der Waals surface area contributed by atoms with Crippen LogP contribution in [0.15, 0.2) is 122 Å². The minimum absolute atomic E-state index is 0.0838. The van der Waals surface area contributed by atoms with Crippen molar-refractivity contribution >= 4 is 17.9 Å². The molecule has 6 nitrogen and oxygen atoms in total. The number of esters is 3. The quantitative estimate of drug-likeness (QED) is 0.0261. The van der Waals surface area contributed by atoms with Gasteiger partial charge in [-0.25, -0.2) is 0 Å². The Kier molecular flexibility index (Phi) is 62.8. The number of unbranched alkanes of at least 4 members (excludes halogenated alkanes) is 28. The standard InChI is InChI=1S/C73H122O6/c1-4-7-10-13-16-19-21-23-25-27-29-30-31-32-33-34-35-36-37-38-39-40-41-42-43-44-45-47-48-50-52-54-57-60-63-66-72(75)78-69-70(68-77-71(74)65-62-59-56-18-15-12-9-6-3)79-73(76)67-64-61-58-55-53-51-49-46-28-26-24-22-20-17-14-11-8-5-2/h7,10,16,19,23,25,29-30,32-33,35-36,38-39,41-42,44-45,48,50,70H,4-6,8-9,11-15,17-18,20-22,24,26-28,31,34,37,40,43,46-47,49,51-69H2,1-3H3/b10-7-,19-16-,25-23-,30-29-,33-32-,36-35-,39-38-,42-41-,45-44-,50-48-. The van der Waals surface area contributed by atoms with Gasteiger partial charge in [0.25, 0.3) is 0 Å². The van der Waals surface area contributed by atoms with Crippen molar-refractivity contribution in [2.45, 2.75) is 309 Å². The minimum Gasteiger partial charge on any atom is -0.462 e. The van der Waals surface area contributed by atoms with E-state index in [1.54, 1.807) is 0 Å². The molecule has 0 aliphatic rings. The van der Waals surface area contributed by atoms with Crippen molar-refractivity contribution in [2.75, 3.05) is 13.2 Å². The Morgan fingerprint density at radius 2 is 0.494 bits per heavy atom. The number of hydrogen-bond donors (Lipinski definition) is 0. The fourth-order valence-corrected chi connectivity index (χ4v) is 9.06. The van der Waals surface area contributed by atoms with Gasteiger partial charge >= 0.3 is 17.9 Å². The molecule has 0 aromatic heterocycles. The maximum Gasteiger partial charge on any atom is 0.306 e. The Labute approximate surface area is 488 Å². The summed E-state index contributed by atoms with van der Waals surface area (Å²) in [4.78, 5) is 38.1. The van der Waals surface area contributed by atoms with E-state index in [1.807, 2.05) is 0 Å². The van der Waals surface area contributed by atoms with Crippen molar-refractivity contribution in [3.63, 3.8) is 0 Å². The molecule has 0 rings (SSSR count). The van der Waals surface area contributed by atoms with E-state index >= 15 is 0 Å². The largest absolute Gasteiger partial charge is 0.462 e. The second-order valence-corrected chi connectivity index (χ2v) is 21.7. The fraction of sp³-hybridized carbons (Fsp3) is 0.685. The van der Waals surface area contributed by atoms with Gasteiger partial charge in [0, 0.05) is 19.3 Å². The van der Waals surface area contributed by atoms with E-state index in [0.717, 1.165) is 135 Å². The van der Waals surface area contributed by atoms with E-state index in [-0.39, 0.29) is 31.1 Å². The lowest BCUT2D eigenvalue weighted by atomic mass is 10.0. The zero-order valence-electron chi connectivity index (χ0n) is 51.6. The van der Waals surface area contributed by atoms with Crippen molar-refractivity contribution in [1.29, 1.82) is 0 Å². The molecule has 450 valence electrons. The summed E-state index contributed by atoms with van der Waals surface area (Å²) in [5.74, 6) is -0.906. The van der Waals surface area contributed by atoms with Crippen LogP contribution in [0.4, 0.5) is 0 Å². The maximum atomic E-state index is 12.9. The summed E-state index contributed by atoms with van der Waals surface area (Å²) < 4.78 is 16.8. The van der Waals surface area contributed by atoms with Crippen LogP contribution < -0.4 is 0 Å². The van der Waals surface area contributed by atoms with Crippen molar-refractivity contribution < 1.29 is 28.6 Å². The molecule has 0 aliphatic carbocycles. The number of ether oxygens (including phenoxy) is 3. The first-order valence-electron chi connectivity index (χ1n) is 33.0. The van der Waals surface area contributed by atoms with Crippen LogP contribution in [-0.2, 0) is 28.6 Å². The summed E-state index contributed by atoms with van der Waals surface area (Å²) in [5, 5.41) is 0. The van der Waals surface area contributed by atoms with Crippen LogP contribution >= 0.6 is 0 Å². The van der Waals surface area contributed by atoms with Gasteiger partial charge in [-0.3, -0.25) is 14.4 Å². The molecule has 0 aliphatic heterocycles. The Bertz CT molecular complexity index is 1640. The predicted molar refractivity (Wildman–Crippen MR) is 343 cm³/mol. The lowest BCUT2D eigenvalue weighted by molar-refractivity contribution is -0.167. The summed E-state index contributed by atoms with van der Waals surface area (Å²) in [7, 11) is 0. The second-order valence-electron chi connectivity index (χ2n) is 21.7. The van der Waals surface area contributed by atoms with E-state index < -0.39 is 6.10 Å². The predicted octanol–water partition coefficient (Wildman–Crippen LogP) is 22.8. The van der Waals surface area contributed by atoms with Gasteiger partial charge in [-0.15, -0.1) is 0 Å². The molecule has 6 heteroatoms. The first-order chi connectivity index (χ1) is 39.0. The summed E-state index contributed by atoms with van der Waals surface area (Å²) >= 11 is 0. The first-order valence-corrected chi connectivity index (χ1v) is 33.0. The molecule has 0 heterocycles. The molecule has 0 spiro atoms. The van der Waals surface area contributed by atoms with Crippen molar-refractivity contribution in [1.82, 2.24) is 0 Å². The molecule has 1 atom stereocenters. The van der Waals surface area contributed by atoms with E-state index in [1.165, 1.54) is 128 Å². The highest BCUT2D eigenvalue weighted by molar-refractivity contribution is 5.71. The molecule has 0 bridgehead atoms. The van der Waals surface area contributed by atoms with Crippen molar-refractivity contribution in [2.24, 2.45) is 0 Å². The third-order valence-corrected chi connectivity index (χ3v) is 14.0. The van der Waals surface area contributed by atoms with Crippen LogP contribution in [-0.4, -0.2) is 37.2 Å². The smallest absolute Gasteiger partial charge is 0.306 e. The van der Waals surface area contributed by atoms with Crippen LogP contribution in [0.5, 0.6) is 0 Å². The normalized spacial score (nSPS) is 12.9. The van der Waals surface area contributed by atoms with Crippen LogP contribution in [0.2, 0.25) is 0 Å². The highest BCUT2D eigenvalue weighted by atomic mass is 16.6. The van der Waals surface area contributed by atoms with Gasteiger partial charge in [0.1, 0.15) is 13.2 Å². The molecule has 0 radical (unpaired) electrons. The number of carbonyl (C=O) groups is 3. The SMILES string of the molecule is CC/C=C\C/C=C\C/C=C\C/C=C\C/C=C\C/C=C\C/C=C\C/C=C\C/C=C\C/C=C\CCCCCCC(=O)OCC(COC(=O)CCCCCCCCCC)OC(=O)CCCCCCCCCCCCCCCCCCCC. The van der Waals surface area contributed by atoms with E-state index in [2.05, 4.69) is 142 Å². The van der Waals surface area contributed by atoms with Crippen LogP contribution in [0, 0.1) is 0 Å². The molecule has 0 fully saturated rings. The molecule has 0 amide bonds. The Balaban J connectivity index is 4.21. The maximum absolute atomic E-state index is 12.9. The molecule has 0 saturated heterocycles. The number of rotatable bonds is 59. The zero-order chi connectivity index (χ0) is 57.1. The van der Waals surface area contributed by atoms with E-state index in [9.17, 15) is 14.4 Å². The molecule has 0 N–H and O–H groups in total. The summed E-state index contributed by atoms with van der Waals surface area (Å²) in [6.07, 6.45) is 92.3. The molecule has 0 aromatic rings. The summed E-state index contributed by atoms with van der Waals surface area (Å²) in [6.45, 7) is 6.50. The van der Waals surface area contributed by atoms with Gasteiger partial charge in [0.15, 0.2) is 6.10 Å². The van der Waals surface area contributed by atoms with Gasteiger partial charge in [-0.1, -0.05) is 309 Å². The van der Waals surface area contributed by atoms with Gasteiger partial charge in [0.2, 0.25) is 0 Å². The lowest BCUT2D eigenvalue weighted by Gasteiger charge is -2.18. The molecule has 79 heavy (non-hydrogen) atoms. The van der Waals surface area contributed by atoms with E-state index in [0.29, 0.717) is 19.3 Å². The van der Waals surface area contributed by atoms with Crippen LogP contribution in [0.3, 0.4) is 0 Å². The van der Waals surface area contributed by atoms with Gasteiger partial charge in [0.05, 0.1) is 0 Å².